The fourth-order valence-electron chi connectivity index (χ4n) is 3.16. The van der Waals surface area contributed by atoms with Gasteiger partial charge in [0, 0.05) is 25.6 Å². The van der Waals surface area contributed by atoms with Crippen molar-refractivity contribution < 1.29 is 18.0 Å². The number of hydrogen-bond donors (Lipinski definition) is 1. The highest BCUT2D eigenvalue weighted by Gasteiger charge is 2.31. The molecule has 1 aromatic carbocycles. The van der Waals surface area contributed by atoms with Gasteiger partial charge in [0.2, 0.25) is 5.91 Å². The van der Waals surface area contributed by atoms with Crippen molar-refractivity contribution in [2.75, 3.05) is 13.1 Å². The number of halogens is 3. The fourth-order valence-corrected chi connectivity index (χ4v) is 3.16. The van der Waals surface area contributed by atoms with Crippen LogP contribution in [-0.4, -0.2) is 29.9 Å². The van der Waals surface area contributed by atoms with Crippen molar-refractivity contribution >= 4 is 5.91 Å². The molecule has 0 unspecified atom stereocenters. The summed E-state index contributed by atoms with van der Waals surface area (Å²) in [6, 6.07) is 5.64. The van der Waals surface area contributed by atoms with Crippen LogP contribution in [-0.2, 0) is 17.5 Å². The van der Waals surface area contributed by atoms with Gasteiger partial charge in [-0.05, 0) is 43.4 Å². The van der Waals surface area contributed by atoms with Gasteiger partial charge < -0.3 is 10.2 Å². The van der Waals surface area contributed by atoms with Crippen LogP contribution in [0.15, 0.2) is 24.3 Å². The van der Waals surface area contributed by atoms with Gasteiger partial charge in [-0.3, -0.25) is 4.79 Å². The Kier molecular flexibility index (Phi) is 6.87. The molecule has 1 N–H and O–H groups in total. The van der Waals surface area contributed by atoms with Crippen molar-refractivity contribution in [2.24, 2.45) is 5.92 Å². The summed E-state index contributed by atoms with van der Waals surface area (Å²) in [6.45, 7) is 6.18. The van der Waals surface area contributed by atoms with Crippen molar-refractivity contribution in [3.05, 3.63) is 35.4 Å². The summed E-state index contributed by atoms with van der Waals surface area (Å²) in [5, 5.41) is 3.20. The van der Waals surface area contributed by atoms with Crippen LogP contribution in [0.2, 0.25) is 0 Å². The van der Waals surface area contributed by atoms with E-state index in [9.17, 15) is 18.0 Å². The molecule has 0 spiro atoms. The average molecular weight is 356 g/mol. The van der Waals surface area contributed by atoms with Crippen molar-refractivity contribution in [3.63, 3.8) is 0 Å². The standard InChI is InChI=1S/C19H27F3N2O/c1-14(2)9-11-24-17(6-7-18(24)25)8-10-23-13-15-4-3-5-16(12-15)19(20,21)22/h3-5,12,14,17,23H,6-11,13H2,1-2H3/t17-/m0/s1. The molecule has 25 heavy (non-hydrogen) atoms. The Balaban J connectivity index is 1.78. The number of benzene rings is 1. The molecule has 1 aliphatic rings. The van der Waals surface area contributed by atoms with E-state index in [1.54, 1.807) is 6.07 Å². The van der Waals surface area contributed by atoms with E-state index in [0.29, 0.717) is 31.0 Å². The zero-order valence-corrected chi connectivity index (χ0v) is 14.9. The Hall–Kier alpha value is -1.56. The lowest BCUT2D eigenvalue weighted by molar-refractivity contribution is -0.137. The van der Waals surface area contributed by atoms with Gasteiger partial charge in [0.1, 0.15) is 0 Å². The number of alkyl halides is 3. The van der Waals surface area contributed by atoms with Gasteiger partial charge in [0.25, 0.3) is 0 Å². The van der Waals surface area contributed by atoms with Crippen LogP contribution < -0.4 is 5.32 Å². The molecule has 0 saturated carbocycles. The second kappa shape index (κ2) is 8.70. The molecule has 1 amide bonds. The van der Waals surface area contributed by atoms with Crippen LogP contribution in [0.5, 0.6) is 0 Å². The average Bonchev–Trinajstić information content (AvgIpc) is 2.89. The Labute approximate surface area is 147 Å². The van der Waals surface area contributed by atoms with Crippen LogP contribution in [0.1, 0.15) is 50.7 Å². The van der Waals surface area contributed by atoms with Crippen molar-refractivity contribution in [1.29, 1.82) is 0 Å². The lowest BCUT2D eigenvalue weighted by atomic mass is 10.1. The topological polar surface area (TPSA) is 32.3 Å². The highest BCUT2D eigenvalue weighted by molar-refractivity contribution is 5.78. The summed E-state index contributed by atoms with van der Waals surface area (Å²) >= 11 is 0. The molecule has 0 bridgehead atoms. The fraction of sp³-hybridized carbons (Fsp3) is 0.632. The van der Waals surface area contributed by atoms with E-state index in [1.165, 1.54) is 12.1 Å². The van der Waals surface area contributed by atoms with Gasteiger partial charge in [0.15, 0.2) is 0 Å². The lowest BCUT2D eigenvalue weighted by Crippen LogP contribution is -2.36. The van der Waals surface area contributed by atoms with Crippen LogP contribution in [0.25, 0.3) is 0 Å². The van der Waals surface area contributed by atoms with E-state index >= 15 is 0 Å². The zero-order chi connectivity index (χ0) is 18.4. The predicted octanol–water partition coefficient (Wildman–Crippen LogP) is 4.22. The second-order valence-electron chi connectivity index (χ2n) is 7.13. The minimum atomic E-state index is -4.31. The summed E-state index contributed by atoms with van der Waals surface area (Å²) < 4.78 is 38.1. The maximum Gasteiger partial charge on any atom is 0.416 e. The minimum absolute atomic E-state index is 0.225. The summed E-state index contributed by atoms with van der Waals surface area (Å²) in [7, 11) is 0. The number of nitrogens with one attached hydrogen (secondary N) is 1. The van der Waals surface area contributed by atoms with Gasteiger partial charge in [-0.2, -0.15) is 13.2 Å². The molecule has 1 heterocycles. The third-order valence-electron chi connectivity index (χ3n) is 4.64. The first kappa shape index (κ1) is 19.8. The van der Waals surface area contributed by atoms with E-state index < -0.39 is 11.7 Å². The molecule has 0 aromatic heterocycles. The molecule has 0 radical (unpaired) electrons. The summed E-state index contributed by atoms with van der Waals surface area (Å²) in [4.78, 5) is 14.0. The Morgan fingerprint density at radius 1 is 1.32 bits per heavy atom. The Bertz CT molecular complexity index is 572. The maximum atomic E-state index is 12.7. The van der Waals surface area contributed by atoms with Gasteiger partial charge in [-0.15, -0.1) is 0 Å². The van der Waals surface area contributed by atoms with E-state index in [-0.39, 0.29) is 11.9 Å². The Morgan fingerprint density at radius 2 is 2.08 bits per heavy atom. The maximum absolute atomic E-state index is 12.7. The summed E-state index contributed by atoms with van der Waals surface area (Å²) in [5.74, 6) is 0.789. The number of carbonyl (C=O) groups excluding carboxylic acids is 1. The van der Waals surface area contributed by atoms with Gasteiger partial charge in [0.05, 0.1) is 5.56 Å². The predicted molar refractivity (Wildman–Crippen MR) is 92.0 cm³/mol. The van der Waals surface area contributed by atoms with E-state index in [2.05, 4.69) is 19.2 Å². The first-order valence-corrected chi connectivity index (χ1v) is 8.93. The number of nitrogens with zero attached hydrogens (tertiary/aromatic N) is 1. The summed E-state index contributed by atoms with van der Waals surface area (Å²) in [6.07, 6.45) is -0.988. The molecule has 1 aromatic rings. The van der Waals surface area contributed by atoms with Crippen LogP contribution in [0, 0.1) is 5.92 Å². The van der Waals surface area contributed by atoms with E-state index in [1.807, 2.05) is 4.90 Å². The van der Waals surface area contributed by atoms with E-state index in [0.717, 1.165) is 31.9 Å². The van der Waals surface area contributed by atoms with Gasteiger partial charge in [-0.25, -0.2) is 0 Å². The number of carbonyl (C=O) groups is 1. The minimum Gasteiger partial charge on any atom is -0.340 e. The molecule has 1 atom stereocenters. The molecule has 6 heteroatoms. The molecule has 140 valence electrons. The third kappa shape index (κ3) is 6.03. The smallest absolute Gasteiger partial charge is 0.340 e. The van der Waals surface area contributed by atoms with Crippen molar-refractivity contribution in [1.82, 2.24) is 10.2 Å². The lowest BCUT2D eigenvalue weighted by Gasteiger charge is -2.25. The highest BCUT2D eigenvalue weighted by Crippen LogP contribution is 2.29. The monoisotopic (exact) mass is 356 g/mol. The van der Waals surface area contributed by atoms with Crippen LogP contribution >= 0.6 is 0 Å². The highest BCUT2D eigenvalue weighted by atomic mass is 19.4. The molecular formula is C19H27F3N2O. The quantitative estimate of drug-likeness (QED) is 0.707. The zero-order valence-electron chi connectivity index (χ0n) is 14.9. The van der Waals surface area contributed by atoms with Gasteiger partial charge in [-0.1, -0.05) is 32.0 Å². The number of rotatable bonds is 8. The molecule has 2 rings (SSSR count). The number of amides is 1. The second-order valence-corrected chi connectivity index (χ2v) is 7.13. The van der Waals surface area contributed by atoms with Crippen LogP contribution in [0.3, 0.4) is 0 Å². The van der Waals surface area contributed by atoms with Gasteiger partial charge >= 0.3 is 6.18 Å². The molecule has 1 saturated heterocycles. The normalized spacial score (nSPS) is 18.4. The summed E-state index contributed by atoms with van der Waals surface area (Å²) in [5.41, 5.74) is 0.00189. The molecule has 0 aliphatic carbocycles. The van der Waals surface area contributed by atoms with E-state index in [4.69, 9.17) is 0 Å². The largest absolute Gasteiger partial charge is 0.416 e. The number of likely N-dealkylation sites (tertiary alicyclic amines) is 1. The Morgan fingerprint density at radius 3 is 2.76 bits per heavy atom. The molecule has 1 aliphatic heterocycles. The molecule has 1 fully saturated rings. The van der Waals surface area contributed by atoms with Crippen molar-refractivity contribution in [2.45, 2.75) is 58.3 Å². The third-order valence-corrected chi connectivity index (χ3v) is 4.64. The van der Waals surface area contributed by atoms with Crippen LogP contribution in [0.4, 0.5) is 13.2 Å². The molecule has 3 nitrogen and oxygen atoms in total. The first-order valence-electron chi connectivity index (χ1n) is 8.93. The first-order chi connectivity index (χ1) is 11.8. The molecular weight excluding hydrogens is 329 g/mol. The number of hydrogen-bond acceptors (Lipinski definition) is 2. The van der Waals surface area contributed by atoms with Crippen molar-refractivity contribution in [3.8, 4) is 0 Å². The SMILES string of the molecule is CC(C)CCN1C(=O)CC[C@H]1CCNCc1cccc(C(F)(F)F)c1.